The molecule has 5 nitrogen and oxygen atoms in total. The average Bonchev–Trinajstić information content (AvgIpc) is 2.54. The molecule has 0 saturated heterocycles. The smallest absolute Gasteiger partial charge is 0.418 e. The minimum atomic E-state index is -4.62. The van der Waals surface area contributed by atoms with E-state index >= 15 is 0 Å². The normalized spacial score (nSPS) is 11.0. The molecule has 0 aliphatic rings. The van der Waals surface area contributed by atoms with Gasteiger partial charge in [-0.1, -0.05) is 23.7 Å². The summed E-state index contributed by atoms with van der Waals surface area (Å²) in [6.07, 6.45) is -4.62. The topological polar surface area (TPSA) is 81.4 Å². The number of carbonyl (C=O) groups is 2. The summed E-state index contributed by atoms with van der Waals surface area (Å²) in [5.41, 5.74) is 4.34. The number of alkyl halides is 3. The van der Waals surface area contributed by atoms with E-state index in [9.17, 15) is 22.8 Å². The molecule has 1 amide bonds. The highest BCUT2D eigenvalue weighted by Crippen LogP contribution is 2.34. The summed E-state index contributed by atoms with van der Waals surface area (Å²) in [6.45, 7) is -0.756. The minimum Gasteiger partial charge on any atom is -0.452 e. The van der Waals surface area contributed by atoms with Crippen LogP contribution in [0, 0.1) is 0 Å². The molecule has 0 aromatic heterocycles. The molecule has 2 aromatic carbocycles. The van der Waals surface area contributed by atoms with E-state index in [1.807, 2.05) is 0 Å². The summed E-state index contributed by atoms with van der Waals surface area (Å²) in [7, 11) is 0. The molecular formula is C16H12ClF3N2O3. The van der Waals surface area contributed by atoms with Gasteiger partial charge in [0.1, 0.15) is 0 Å². The summed E-state index contributed by atoms with van der Waals surface area (Å²) in [6, 6.07) is 8.46. The van der Waals surface area contributed by atoms with Gasteiger partial charge < -0.3 is 15.8 Å². The van der Waals surface area contributed by atoms with E-state index in [1.165, 1.54) is 30.3 Å². The molecule has 0 aliphatic carbocycles. The number of rotatable bonds is 4. The van der Waals surface area contributed by atoms with Gasteiger partial charge in [0.2, 0.25) is 0 Å². The SMILES string of the molecule is Nc1cc(C(=O)OCC(=O)Nc2ccccc2C(F)(F)F)ccc1Cl. The number of benzene rings is 2. The predicted molar refractivity (Wildman–Crippen MR) is 86.2 cm³/mol. The Morgan fingerprint density at radius 3 is 2.48 bits per heavy atom. The monoisotopic (exact) mass is 372 g/mol. The first-order valence-corrected chi connectivity index (χ1v) is 7.24. The largest absolute Gasteiger partial charge is 0.452 e. The molecular weight excluding hydrogens is 361 g/mol. The highest BCUT2D eigenvalue weighted by Gasteiger charge is 2.33. The van der Waals surface area contributed by atoms with Crippen LogP contribution in [0.5, 0.6) is 0 Å². The number of halogens is 4. The molecule has 2 aromatic rings. The molecule has 0 bridgehead atoms. The molecule has 9 heteroatoms. The summed E-state index contributed by atoms with van der Waals surface area (Å²) in [5.74, 6) is -1.77. The Bertz CT molecular complexity index is 809. The first-order valence-electron chi connectivity index (χ1n) is 6.86. The number of amides is 1. The van der Waals surface area contributed by atoms with Gasteiger partial charge in [0.05, 0.1) is 27.5 Å². The zero-order chi connectivity index (χ0) is 18.6. The molecule has 0 spiro atoms. The van der Waals surface area contributed by atoms with Crippen molar-refractivity contribution in [1.29, 1.82) is 0 Å². The fraction of sp³-hybridized carbons (Fsp3) is 0.125. The summed E-state index contributed by atoms with van der Waals surface area (Å²) >= 11 is 5.72. The van der Waals surface area contributed by atoms with Crippen molar-refractivity contribution in [1.82, 2.24) is 0 Å². The molecule has 0 atom stereocenters. The average molecular weight is 373 g/mol. The molecule has 2 rings (SSSR count). The number of carbonyl (C=O) groups excluding carboxylic acids is 2. The number of anilines is 2. The van der Waals surface area contributed by atoms with Crippen molar-refractivity contribution in [3.05, 3.63) is 58.6 Å². The lowest BCUT2D eigenvalue weighted by Gasteiger charge is -2.13. The van der Waals surface area contributed by atoms with Gasteiger partial charge in [0.25, 0.3) is 5.91 Å². The Morgan fingerprint density at radius 1 is 1.16 bits per heavy atom. The highest BCUT2D eigenvalue weighted by molar-refractivity contribution is 6.33. The Kier molecular flexibility index (Phi) is 5.53. The van der Waals surface area contributed by atoms with Crippen LogP contribution in [0.15, 0.2) is 42.5 Å². The number of hydrogen-bond acceptors (Lipinski definition) is 4. The number of esters is 1. The van der Waals surface area contributed by atoms with Crippen LogP contribution in [0.25, 0.3) is 0 Å². The number of nitrogens with two attached hydrogens (primary N) is 1. The van der Waals surface area contributed by atoms with Gasteiger partial charge in [-0.2, -0.15) is 13.2 Å². The third kappa shape index (κ3) is 4.87. The van der Waals surface area contributed by atoms with E-state index in [2.05, 4.69) is 5.32 Å². The van der Waals surface area contributed by atoms with Crippen molar-refractivity contribution in [2.24, 2.45) is 0 Å². The van der Waals surface area contributed by atoms with Crippen molar-refractivity contribution in [2.45, 2.75) is 6.18 Å². The fourth-order valence-corrected chi connectivity index (χ4v) is 2.03. The zero-order valence-electron chi connectivity index (χ0n) is 12.6. The van der Waals surface area contributed by atoms with Crippen LogP contribution in [0.3, 0.4) is 0 Å². The lowest BCUT2D eigenvalue weighted by molar-refractivity contribution is -0.137. The molecule has 132 valence electrons. The minimum absolute atomic E-state index is 0.0605. The lowest BCUT2D eigenvalue weighted by atomic mass is 10.1. The molecule has 0 radical (unpaired) electrons. The number of hydrogen-bond donors (Lipinski definition) is 2. The standard InChI is InChI=1S/C16H12ClF3N2O3/c17-11-6-5-9(7-12(11)21)15(24)25-8-14(23)22-13-4-2-1-3-10(13)16(18,19)20/h1-7H,8,21H2,(H,22,23). The second-order valence-corrected chi connectivity index (χ2v) is 5.31. The van der Waals surface area contributed by atoms with E-state index in [0.29, 0.717) is 0 Å². The molecule has 0 saturated carbocycles. The second kappa shape index (κ2) is 7.43. The molecule has 0 heterocycles. The predicted octanol–water partition coefficient (Wildman–Crippen LogP) is 3.74. The third-order valence-corrected chi connectivity index (χ3v) is 3.42. The maximum absolute atomic E-state index is 12.8. The lowest BCUT2D eigenvalue weighted by Crippen LogP contribution is -2.22. The molecule has 0 fully saturated rings. The van der Waals surface area contributed by atoms with E-state index in [4.69, 9.17) is 22.1 Å². The van der Waals surface area contributed by atoms with Crippen LogP contribution in [-0.4, -0.2) is 18.5 Å². The van der Waals surface area contributed by atoms with Gasteiger partial charge in [-0.3, -0.25) is 4.79 Å². The third-order valence-electron chi connectivity index (χ3n) is 3.07. The van der Waals surface area contributed by atoms with Gasteiger partial charge in [-0.05, 0) is 30.3 Å². The van der Waals surface area contributed by atoms with E-state index in [1.54, 1.807) is 0 Å². The van der Waals surface area contributed by atoms with Crippen molar-refractivity contribution < 1.29 is 27.5 Å². The van der Waals surface area contributed by atoms with Crippen LogP contribution in [0.2, 0.25) is 5.02 Å². The van der Waals surface area contributed by atoms with Crippen LogP contribution >= 0.6 is 11.6 Å². The van der Waals surface area contributed by atoms with Gasteiger partial charge in [-0.15, -0.1) is 0 Å². The Hall–Kier alpha value is -2.74. The van der Waals surface area contributed by atoms with Gasteiger partial charge in [-0.25, -0.2) is 4.79 Å². The highest BCUT2D eigenvalue weighted by atomic mass is 35.5. The molecule has 0 unspecified atom stereocenters. The molecule has 0 aliphatic heterocycles. The van der Waals surface area contributed by atoms with Crippen molar-refractivity contribution >= 4 is 34.9 Å². The van der Waals surface area contributed by atoms with Crippen LogP contribution in [0.4, 0.5) is 24.5 Å². The van der Waals surface area contributed by atoms with E-state index in [-0.39, 0.29) is 16.3 Å². The zero-order valence-corrected chi connectivity index (χ0v) is 13.3. The number of para-hydroxylation sites is 1. The van der Waals surface area contributed by atoms with Gasteiger partial charge >= 0.3 is 12.1 Å². The summed E-state index contributed by atoms with van der Waals surface area (Å²) in [4.78, 5) is 23.6. The first kappa shape index (κ1) is 18.6. The molecule has 25 heavy (non-hydrogen) atoms. The van der Waals surface area contributed by atoms with Gasteiger partial charge in [0.15, 0.2) is 6.61 Å². The second-order valence-electron chi connectivity index (χ2n) is 4.90. The van der Waals surface area contributed by atoms with E-state index in [0.717, 1.165) is 12.1 Å². The molecule has 3 N–H and O–H groups in total. The number of nitrogens with one attached hydrogen (secondary N) is 1. The quantitative estimate of drug-likeness (QED) is 0.633. The number of ether oxygens (including phenoxy) is 1. The fourth-order valence-electron chi connectivity index (χ4n) is 1.91. The Morgan fingerprint density at radius 2 is 1.84 bits per heavy atom. The van der Waals surface area contributed by atoms with E-state index < -0.39 is 35.9 Å². The van der Waals surface area contributed by atoms with Crippen molar-refractivity contribution in [2.75, 3.05) is 17.7 Å². The Balaban J connectivity index is 1.99. The van der Waals surface area contributed by atoms with Crippen molar-refractivity contribution in [3.8, 4) is 0 Å². The number of nitrogen functional groups attached to an aromatic ring is 1. The van der Waals surface area contributed by atoms with Crippen molar-refractivity contribution in [3.63, 3.8) is 0 Å². The van der Waals surface area contributed by atoms with Crippen LogP contribution < -0.4 is 11.1 Å². The summed E-state index contributed by atoms with van der Waals surface area (Å²) < 4.78 is 43.3. The maximum atomic E-state index is 12.8. The summed E-state index contributed by atoms with van der Waals surface area (Å²) in [5, 5.41) is 2.31. The van der Waals surface area contributed by atoms with Crippen LogP contribution in [0.1, 0.15) is 15.9 Å². The van der Waals surface area contributed by atoms with Gasteiger partial charge in [0, 0.05) is 0 Å². The maximum Gasteiger partial charge on any atom is 0.418 e. The first-order chi connectivity index (χ1) is 11.7. The van der Waals surface area contributed by atoms with Crippen LogP contribution in [-0.2, 0) is 15.7 Å². The Labute approximate surface area is 145 Å².